The summed E-state index contributed by atoms with van der Waals surface area (Å²) in [6, 6.07) is 14.0. The number of carbonyl (C=O) groups excluding carboxylic acids is 1. The average molecular weight is 572 g/mol. The first-order valence-electron chi connectivity index (χ1n) is 11.7. The van der Waals surface area contributed by atoms with Gasteiger partial charge in [0.05, 0.1) is 17.7 Å². The Morgan fingerprint density at radius 2 is 1.85 bits per heavy atom. The van der Waals surface area contributed by atoms with Gasteiger partial charge in [0.2, 0.25) is 0 Å². The Kier molecular flexibility index (Phi) is 10.1. The summed E-state index contributed by atoms with van der Waals surface area (Å²) in [5.74, 6) is -1.45. The molecule has 3 rings (SSSR count). The Morgan fingerprint density at radius 1 is 1.13 bits per heavy atom. The minimum Gasteiger partial charge on any atom is -0.497 e. The molecule has 0 aliphatic rings. The number of nitrogens with one attached hydrogen (secondary N) is 4. The summed E-state index contributed by atoms with van der Waals surface area (Å²) in [4.78, 5) is 24.5. The lowest BCUT2D eigenvalue weighted by molar-refractivity contribution is -0.139. The van der Waals surface area contributed by atoms with E-state index in [2.05, 4.69) is 15.4 Å². The molecule has 1 aromatic heterocycles. The maximum absolute atomic E-state index is 13.1. The Morgan fingerprint density at radius 3 is 2.51 bits per heavy atom. The third kappa shape index (κ3) is 8.58. The van der Waals surface area contributed by atoms with Crippen LogP contribution in [0.25, 0.3) is 12.2 Å². The van der Waals surface area contributed by atoms with Gasteiger partial charge in [-0.3, -0.25) is 14.9 Å². The SMILES string of the molecule is COc1ccc(/C=C/c2cccc(S(=O)(=O)Nc3ccsc3C(=O)N[C@@H](CCCNC(=N)N)C(=O)O)c2)cc1. The summed E-state index contributed by atoms with van der Waals surface area (Å²) in [5, 5.41) is 23.1. The van der Waals surface area contributed by atoms with Gasteiger partial charge in [-0.1, -0.05) is 36.4 Å². The van der Waals surface area contributed by atoms with Crippen molar-refractivity contribution in [3.63, 3.8) is 0 Å². The molecule has 0 aliphatic carbocycles. The topological polar surface area (TPSA) is 184 Å². The molecule has 0 bridgehead atoms. The number of anilines is 1. The number of benzene rings is 2. The van der Waals surface area contributed by atoms with Gasteiger partial charge < -0.3 is 26.2 Å². The van der Waals surface area contributed by atoms with Crippen LogP contribution in [0.1, 0.15) is 33.6 Å². The predicted molar refractivity (Wildman–Crippen MR) is 152 cm³/mol. The number of sulfonamides is 1. The molecule has 13 heteroatoms. The highest BCUT2D eigenvalue weighted by molar-refractivity contribution is 7.92. The molecule has 3 aromatic rings. The van der Waals surface area contributed by atoms with Crippen LogP contribution in [0, 0.1) is 5.41 Å². The highest BCUT2D eigenvalue weighted by Crippen LogP contribution is 2.26. The van der Waals surface area contributed by atoms with E-state index in [1.165, 1.54) is 23.6 Å². The van der Waals surface area contributed by atoms with E-state index in [9.17, 15) is 23.1 Å². The lowest BCUT2D eigenvalue weighted by atomic mass is 10.1. The van der Waals surface area contributed by atoms with Gasteiger partial charge in [-0.25, -0.2) is 13.2 Å². The van der Waals surface area contributed by atoms with Gasteiger partial charge in [0, 0.05) is 6.54 Å². The summed E-state index contributed by atoms with van der Waals surface area (Å²) in [6.45, 7) is 0.271. The van der Waals surface area contributed by atoms with Crippen LogP contribution in [0.2, 0.25) is 0 Å². The monoisotopic (exact) mass is 571 g/mol. The number of aliphatic carboxylic acids is 1. The summed E-state index contributed by atoms with van der Waals surface area (Å²) in [7, 11) is -2.47. The maximum atomic E-state index is 13.1. The number of hydrogen-bond donors (Lipinski definition) is 6. The molecule has 1 atom stereocenters. The number of carboxylic acids is 1. The molecule has 0 unspecified atom stereocenters. The van der Waals surface area contributed by atoms with Crippen LogP contribution in [0.15, 0.2) is 64.9 Å². The first-order valence-corrected chi connectivity index (χ1v) is 14.1. The fourth-order valence-electron chi connectivity index (χ4n) is 3.47. The lowest BCUT2D eigenvalue weighted by Gasteiger charge is -2.15. The van der Waals surface area contributed by atoms with Crippen molar-refractivity contribution in [2.75, 3.05) is 18.4 Å². The molecule has 0 spiro atoms. The third-order valence-electron chi connectivity index (χ3n) is 5.46. The van der Waals surface area contributed by atoms with E-state index >= 15 is 0 Å². The van der Waals surface area contributed by atoms with E-state index in [1.54, 1.807) is 25.3 Å². The number of carboxylic acid groups (broad SMARTS) is 1. The van der Waals surface area contributed by atoms with Crippen molar-refractivity contribution in [3.8, 4) is 5.75 Å². The molecular formula is C26H29N5O6S2. The summed E-state index contributed by atoms with van der Waals surface area (Å²) in [5.41, 5.74) is 6.81. The normalized spacial score (nSPS) is 12.0. The first-order chi connectivity index (χ1) is 18.6. The van der Waals surface area contributed by atoms with E-state index in [4.69, 9.17) is 15.9 Å². The smallest absolute Gasteiger partial charge is 0.326 e. The Bertz CT molecular complexity index is 1450. The van der Waals surface area contributed by atoms with Crippen LogP contribution in [0.4, 0.5) is 5.69 Å². The Labute approximate surface area is 230 Å². The van der Waals surface area contributed by atoms with Gasteiger partial charge >= 0.3 is 5.97 Å². The molecule has 0 radical (unpaired) electrons. The standard InChI is InChI=1S/C26H29N5O6S2/c1-37-19-11-9-17(10-12-19)7-8-18-4-2-5-20(16-18)39(35,36)31-21-13-15-38-23(21)24(32)30-22(25(33)34)6-3-14-29-26(27)28/h2,4-5,7-13,15-16,22,31H,3,6,14H2,1H3,(H,30,32)(H,33,34)(H4,27,28,29)/b8-7+/t22-/m0/s1. The second-order valence-electron chi connectivity index (χ2n) is 8.29. The second kappa shape index (κ2) is 13.4. The average Bonchev–Trinajstić information content (AvgIpc) is 3.36. The first kappa shape index (κ1) is 29.2. The fourth-order valence-corrected chi connectivity index (χ4v) is 5.42. The van der Waals surface area contributed by atoms with E-state index < -0.39 is 27.9 Å². The lowest BCUT2D eigenvalue weighted by Crippen LogP contribution is -2.41. The predicted octanol–water partition coefficient (Wildman–Crippen LogP) is 3.17. The van der Waals surface area contributed by atoms with Crippen molar-refractivity contribution in [1.29, 1.82) is 5.41 Å². The van der Waals surface area contributed by atoms with Crippen LogP contribution in [-0.4, -0.2) is 51.1 Å². The molecule has 11 nitrogen and oxygen atoms in total. The molecule has 39 heavy (non-hydrogen) atoms. The quantitative estimate of drug-likeness (QED) is 0.0782. The number of guanidine groups is 1. The zero-order chi connectivity index (χ0) is 28.4. The number of hydrogen-bond acceptors (Lipinski definition) is 7. The van der Waals surface area contributed by atoms with Crippen molar-refractivity contribution in [2.45, 2.75) is 23.8 Å². The number of rotatable bonds is 13. The van der Waals surface area contributed by atoms with E-state index in [0.717, 1.165) is 22.6 Å². The largest absolute Gasteiger partial charge is 0.497 e. The van der Waals surface area contributed by atoms with Gasteiger partial charge in [-0.05, 0) is 59.7 Å². The second-order valence-corrected chi connectivity index (χ2v) is 10.9. The van der Waals surface area contributed by atoms with E-state index in [0.29, 0.717) is 12.0 Å². The van der Waals surface area contributed by atoms with Crippen molar-refractivity contribution in [1.82, 2.24) is 10.6 Å². The molecule has 7 N–H and O–H groups in total. The molecule has 0 aliphatic heterocycles. The highest BCUT2D eigenvalue weighted by Gasteiger charge is 2.24. The number of ether oxygens (including phenoxy) is 1. The molecule has 1 amide bonds. The Balaban J connectivity index is 1.70. The number of nitrogens with two attached hydrogens (primary N) is 1. The van der Waals surface area contributed by atoms with Gasteiger partial charge in [0.15, 0.2) is 5.96 Å². The van der Waals surface area contributed by atoms with Crippen LogP contribution >= 0.6 is 11.3 Å². The molecule has 0 saturated carbocycles. The molecule has 2 aromatic carbocycles. The number of carbonyl (C=O) groups is 2. The Hall–Kier alpha value is -4.36. The minimum atomic E-state index is -4.05. The summed E-state index contributed by atoms with van der Waals surface area (Å²) in [6.07, 6.45) is 4.05. The molecule has 1 heterocycles. The third-order valence-corrected chi connectivity index (χ3v) is 7.73. The van der Waals surface area contributed by atoms with Crippen LogP contribution in [0.5, 0.6) is 5.75 Å². The molecule has 206 valence electrons. The van der Waals surface area contributed by atoms with Crippen molar-refractivity contribution >= 4 is 57.0 Å². The van der Waals surface area contributed by atoms with Crippen LogP contribution in [-0.2, 0) is 14.8 Å². The van der Waals surface area contributed by atoms with Crippen LogP contribution < -0.4 is 25.8 Å². The van der Waals surface area contributed by atoms with Crippen LogP contribution in [0.3, 0.4) is 0 Å². The van der Waals surface area contributed by atoms with Crippen molar-refractivity contribution in [2.24, 2.45) is 5.73 Å². The van der Waals surface area contributed by atoms with E-state index in [-0.39, 0.29) is 34.4 Å². The highest BCUT2D eigenvalue weighted by atomic mass is 32.2. The zero-order valence-corrected chi connectivity index (χ0v) is 22.6. The number of methoxy groups -OCH3 is 1. The molecular weight excluding hydrogens is 542 g/mol. The van der Waals surface area contributed by atoms with Gasteiger partial charge in [-0.15, -0.1) is 11.3 Å². The van der Waals surface area contributed by atoms with Gasteiger partial charge in [-0.2, -0.15) is 0 Å². The van der Waals surface area contributed by atoms with Crippen molar-refractivity contribution in [3.05, 3.63) is 76.0 Å². The molecule has 0 saturated heterocycles. The maximum Gasteiger partial charge on any atom is 0.326 e. The van der Waals surface area contributed by atoms with E-state index in [1.807, 2.05) is 30.3 Å². The fraction of sp³-hybridized carbons (Fsp3) is 0.192. The molecule has 0 fully saturated rings. The number of thiophene rings is 1. The summed E-state index contributed by atoms with van der Waals surface area (Å²) >= 11 is 0.982. The number of amides is 1. The zero-order valence-electron chi connectivity index (χ0n) is 21.0. The van der Waals surface area contributed by atoms with Gasteiger partial charge in [0.1, 0.15) is 16.7 Å². The van der Waals surface area contributed by atoms with Gasteiger partial charge in [0.25, 0.3) is 15.9 Å². The minimum absolute atomic E-state index is 0.00155. The van der Waals surface area contributed by atoms with Crippen molar-refractivity contribution < 1.29 is 27.9 Å². The summed E-state index contributed by atoms with van der Waals surface area (Å²) < 4.78 is 33.8.